The Kier molecular flexibility index (Phi) is 4.65. The van der Waals surface area contributed by atoms with Gasteiger partial charge in [0, 0.05) is 37.3 Å². The van der Waals surface area contributed by atoms with Gasteiger partial charge in [-0.2, -0.15) is 5.10 Å². The lowest BCUT2D eigenvalue weighted by Crippen LogP contribution is -2.52. The number of pyridine rings is 1. The lowest BCUT2D eigenvalue weighted by molar-refractivity contribution is -0.121. The minimum atomic E-state index is -0.748. The molecule has 1 fully saturated rings. The third-order valence-corrected chi connectivity index (χ3v) is 5.01. The fourth-order valence-corrected chi connectivity index (χ4v) is 3.66. The molecule has 1 aromatic carbocycles. The summed E-state index contributed by atoms with van der Waals surface area (Å²) in [5.41, 5.74) is 0.0362. The van der Waals surface area contributed by atoms with Gasteiger partial charge in [-0.25, -0.2) is 4.39 Å². The number of benzene rings is 1. The highest BCUT2D eigenvalue weighted by Crippen LogP contribution is 2.22. The number of amides is 2. The van der Waals surface area contributed by atoms with E-state index in [0.717, 1.165) is 6.07 Å². The van der Waals surface area contributed by atoms with Gasteiger partial charge in [-0.1, -0.05) is 0 Å². The first-order chi connectivity index (χ1) is 13.8. The molecule has 1 atom stereocenters. The Hall–Kier alpha value is -3.49. The van der Waals surface area contributed by atoms with Crippen LogP contribution in [-0.2, 0) is 11.8 Å². The topological polar surface area (TPSA) is 100 Å². The maximum atomic E-state index is 14.3. The lowest BCUT2D eigenvalue weighted by atomic mass is 10.0. The Bertz CT molecular complexity index is 1180. The number of hydrogen-bond acceptors (Lipinski definition) is 4. The third-order valence-electron chi connectivity index (χ3n) is 5.01. The van der Waals surface area contributed by atoms with Crippen LogP contribution in [0, 0.1) is 12.7 Å². The number of aromatic amines is 1. The first kappa shape index (κ1) is 18.9. The maximum Gasteiger partial charge on any atom is 0.252 e. The first-order valence-corrected chi connectivity index (χ1v) is 9.28. The molecule has 1 aliphatic heterocycles. The maximum absolute atomic E-state index is 14.3. The number of anilines is 1. The second-order valence-electron chi connectivity index (χ2n) is 7.22. The molecule has 2 aromatic heterocycles. The highest BCUT2D eigenvalue weighted by atomic mass is 19.1. The average molecular weight is 397 g/mol. The van der Waals surface area contributed by atoms with Gasteiger partial charge in [-0.3, -0.25) is 24.0 Å². The van der Waals surface area contributed by atoms with E-state index < -0.39 is 23.3 Å². The van der Waals surface area contributed by atoms with E-state index in [0.29, 0.717) is 36.2 Å². The minimum absolute atomic E-state index is 0.0293. The fourth-order valence-electron chi connectivity index (χ4n) is 3.66. The molecule has 0 aliphatic carbocycles. The van der Waals surface area contributed by atoms with Crippen LogP contribution in [0.4, 0.5) is 10.2 Å². The molecule has 150 valence electrons. The molecule has 29 heavy (non-hydrogen) atoms. The number of carbonyl (C=O) groups excluding carboxylic acids is 2. The SMILES string of the molecule is Cc1cc(F)c2[nH]c(=O)cc(C(=O)NC3CCCN(c4ccn(C)n4)C3=O)c2c1. The quantitative estimate of drug-likeness (QED) is 0.702. The molecule has 2 amide bonds. The fraction of sp³-hybridized carbons (Fsp3) is 0.300. The predicted molar refractivity (Wildman–Crippen MR) is 105 cm³/mol. The normalized spacial score (nSPS) is 17.0. The van der Waals surface area contributed by atoms with Gasteiger partial charge < -0.3 is 10.3 Å². The number of carbonyl (C=O) groups is 2. The standard InChI is InChI=1S/C20H20FN5O3/c1-11-8-12-13(10-17(27)23-18(12)14(21)9-11)19(28)22-15-4-3-6-26(20(15)29)16-5-7-25(2)24-16/h5,7-10,15H,3-4,6H2,1-2H3,(H,22,28)(H,23,27). The molecule has 1 unspecified atom stereocenters. The smallest absolute Gasteiger partial charge is 0.252 e. The van der Waals surface area contributed by atoms with Gasteiger partial charge in [0.25, 0.3) is 11.8 Å². The number of nitrogens with one attached hydrogen (secondary N) is 2. The molecule has 0 bridgehead atoms. The second-order valence-corrected chi connectivity index (χ2v) is 7.22. The van der Waals surface area contributed by atoms with Crippen LogP contribution in [0.15, 0.2) is 35.3 Å². The summed E-state index contributed by atoms with van der Waals surface area (Å²) in [4.78, 5) is 41.7. The Morgan fingerprint density at radius 1 is 1.31 bits per heavy atom. The van der Waals surface area contributed by atoms with E-state index in [4.69, 9.17) is 0 Å². The highest BCUT2D eigenvalue weighted by molar-refractivity contribution is 6.08. The highest BCUT2D eigenvalue weighted by Gasteiger charge is 2.32. The molecule has 3 heterocycles. The van der Waals surface area contributed by atoms with Crippen molar-refractivity contribution < 1.29 is 14.0 Å². The van der Waals surface area contributed by atoms with Gasteiger partial charge in [0.05, 0.1) is 11.1 Å². The monoisotopic (exact) mass is 397 g/mol. The molecule has 2 N–H and O–H groups in total. The molecule has 1 saturated heterocycles. The summed E-state index contributed by atoms with van der Waals surface area (Å²) < 4.78 is 15.9. The number of halogens is 1. The van der Waals surface area contributed by atoms with E-state index >= 15 is 0 Å². The summed E-state index contributed by atoms with van der Waals surface area (Å²) in [6.45, 7) is 2.21. The molecule has 8 nitrogen and oxygen atoms in total. The number of fused-ring (bicyclic) bond motifs is 1. The zero-order chi connectivity index (χ0) is 20.7. The van der Waals surface area contributed by atoms with E-state index in [-0.39, 0.29) is 17.0 Å². The number of aromatic nitrogens is 3. The van der Waals surface area contributed by atoms with Crippen molar-refractivity contribution in [2.75, 3.05) is 11.4 Å². The predicted octanol–water partition coefficient (Wildman–Crippen LogP) is 1.63. The Labute approximate surface area is 165 Å². The van der Waals surface area contributed by atoms with Gasteiger partial charge >= 0.3 is 0 Å². The van der Waals surface area contributed by atoms with E-state index in [1.165, 1.54) is 11.0 Å². The minimum Gasteiger partial charge on any atom is -0.340 e. The number of rotatable bonds is 3. The lowest BCUT2D eigenvalue weighted by Gasteiger charge is -2.31. The Morgan fingerprint density at radius 3 is 2.83 bits per heavy atom. The molecule has 9 heteroatoms. The number of nitrogens with zero attached hydrogens (tertiary/aromatic N) is 3. The molecule has 0 spiro atoms. The number of piperidine rings is 1. The largest absolute Gasteiger partial charge is 0.340 e. The molecule has 3 aromatic rings. The van der Waals surface area contributed by atoms with Gasteiger partial charge in [0.15, 0.2) is 5.82 Å². The van der Waals surface area contributed by atoms with Crippen LogP contribution in [0.2, 0.25) is 0 Å². The van der Waals surface area contributed by atoms with E-state index in [1.807, 2.05) is 0 Å². The van der Waals surface area contributed by atoms with E-state index in [2.05, 4.69) is 15.4 Å². The second kappa shape index (κ2) is 7.16. The van der Waals surface area contributed by atoms with Crippen LogP contribution in [0.1, 0.15) is 28.8 Å². The van der Waals surface area contributed by atoms with E-state index in [1.54, 1.807) is 37.0 Å². The summed E-state index contributed by atoms with van der Waals surface area (Å²) in [5, 5.41) is 7.26. The van der Waals surface area contributed by atoms with Gasteiger partial charge in [-0.15, -0.1) is 0 Å². The van der Waals surface area contributed by atoms with Gasteiger partial charge in [0.1, 0.15) is 11.9 Å². The van der Waals surface area contributed by atoms with Crippen molar-refractivity contribution >= 4 is 28.5 Å². The van der Waals surface area contributed by atoms with Gasteiger partial charge in [-0.05, 0) is 37.5 Å². The van der Waals surface area contributed by atoms with Crippen LogP contribution in [0.5, 0.6) is 0 Å². The zero-order valence-corrected chi connectivity index (χ0v) is 16.0. The number of hydrogen-bond donors (Lipinski definition) is 2. The molecular weight excluding hydrogens is 377 g/mol. The van der Waals surface area contributed by atoms with Crippen LogP contribution < -0.4 is 15.8 Å². The Balaban J connectivity index is 1.64. The summed E-state index contributed by atoms with van der Waals surface area (Å²) in [5.74, 6) is -0.940. The van der Waals surface area contributed by atoms with Crippen molar-refractivity contribution in [3.05, 3.63) is 57.8 Å². The van der Waals surface area contributed by atoms with Crippen molar-refractivity contribution in [2.45, 2.75) is 25.8 Å². The van der Waals surface area contributed by atoms with Crippen LogP contribution in [0.25, 0.3) is 10.9 Å². The van der Waals surface area contributed by atoms with Crippen LogP contribution >= 0.6 is 0 Å². The van der Waals surface area contributed by atoms with Crippen molar-refractivity contribution in [1.29, 1.82) is 0 Å². The summed E-state index contributed by atoms with van der Waals surface area (Å²) in [7, 11) is 1.76. The molecule has 0 saturated carbocycles. The summed E-state index contributed by atoms with van der Waals surface area (Å²) in [6.07, 6.45) is 2.91. The Morgan fingerprint density at radius 2 is 2.10 bits per heavy atom. The zero-order valence-electron chi connectivity index (χ0n) is 16.0. The third kappa shape index (κ3) is 3.51. The van der Waals surface area contributed by atoms with Gasteiger partial charge in [0.2, 0.25) is 5.56 Å². The summed E-state index contributed by atoms with van der Waals surface area (Å²) >= 11 is 0. The average Bonchev–Trinajstić information content (AvgIpc) is 3.09. The van der Waals surface area contributed by atoms with Crippen molar-refractivity contribution in [2.24, 2.45) is 7.05 Å². The molecule has 0 radical (unpaired) electrons. The number of H-pyrrole nitrogens is 1. The van der Waals surface area contributed by atoms with Crippen LogP contribution in [0.3, 0.4) is 0 Å². The van der Waals surface area contributed by atoms with Crippen molar-refractivity contribution in [3.63, 3.8) is 0 Å². The summed E-state index contributed by atoms with van der Waals surface area (Å²) in [6, 6.07) is 5.03. The number of aryl methyl sites for hydroxylation is 2. The molecular formula is C20H20FN5O3. The van der Waals surface area contributed by atoms with Crippen molar-refractivity contribution in [1.82, 2.24) is 20.1 Å². The molecule has 4 rings (SSSR count). The van der Waals surface area contributed by atoms with E-state index in [9.17, 15) is 18.8 Å². The molecule has 1 aliphatic rings. The van der Waals surface area contributed by atoms with Crippen molar-refractivity contribution in [3.8, 4) is 0 Å². The van der Waals surface area contributed by atoms with Crippen LogP contribution in [-0.4, -0.2) is 39.2 Å². The first-order valence-electron chi connectivity index (χ1n) is 9.28.